The van der Waals surface area contributed by atoms with Crippen LogP contribution < -0.4 is 5.32 Å². The van der Waals surface area contributed by atoms with Crippen molar-refractivity contribution >= 4 is 11.5 Å². The molecule has 1 aromatic carbocycles. The molecule has 7 heteroatoms. The predicted octanol–water partition coefficient (Wildman–Crippen LogP) is 1.10. The number of hydrogen-bond acceptors (Lipinski definition) is 6. The molecule has 108 valence electrons. The summed E-state index contributed by atoms with van der Waals surface area (Å²) in [6.45, 7) is 0.839. The van der Waals surface area contributed by atoms with Crippen molar-refractivity contribution in [3.8, 4) is 0 Å². The van der Waals surface area contributed by atoms with Crippen LogP contribution in [0.25, 0.3) is 5.65 Å². The molecule has 2 N–H and O–H groups in total. The molecule has 0 radical (unpaired) electrons. The zero-order valence-corrected chi connectivity index (χ0v) is 11.4. The Hall–Kier alpha value is -2.54. The van der Waals surface area contributed by atoms with E-state index in [-0.39, 0.29) is 12.5 Å². The van der Waals surface area contributed by atoms with Crippen molar-refractivity contribution < 1.29 is 5.11 Å². The highest BCUT2D eigenvalue weighted by Crippen LogP contribution is 2.19. The Labute approximate surface area is 121 Å². The molecule has 2 heterocycles. The van der Waals surface area contributed by atoms with E-state index >= 15 is 0 Å². The lowest BCUT2D eigenvalue weighted by molar-refractivity contribution is 0.277. The summed E-state index contributed by atoms with van der Waals surface area (Å²) >= 11 is 0. The van der Waals surface area contributed by atoms with Crippen LogP contribution >= 0.6 is 0 Å². The number of benzene rings is 1. The molecule has 3 aromatic rings. The molecule has 2 aromatic heterocycles. The largest absolute Gasteiger partial charge is 0.396 e. The fourth-order valence-electron chi connectivity index (χ4n) is 2.24. The normalized spacial score (nSPS) is 12.4. The van der Waals surface area contributed by atoms with Crippen LogP contribution in [0.5, 0.6) is 0 Å². The van der Waals surface area contributed by atoms with Gasteiger partial charge in [0.05, 0.1) is 0 Å². The summed E-state index contributed by atoms with van der Waals surface area (Å²) in [5, 5.41) is 27.9. The van der Waals surface area contributed by atoms with Gasteiger partial charge in [-0.2, -0.15) is 0 Å². The molecule has 0 amide bonds. The zero-order chi connectivity index (χ0) is 14.5. The first-order valence-electron chi connectivity index (χ1n) is 6.82. The second-order valence-corrected chi connectivity index (χ2v) is 4.75. The van der Waals surface area contributed by atoms with Crippen molar-refractivity contribution in [2.45, 2.75) is 12.3 Å². The number of anilines is 1. The third-order valence-corrected chi connectivity index (χ3v) is 3.35. The number of hydrogen-bond donors (Lipinski definition) is 2. The van der Waals surface area contributed by atoms with Gasteiger partial charge in [0.15, 0.2) is 5.65 Å². The number of aromatic nitrogens is 5. The lowest BCUT2D eigenvalue weighted by Gasteiger charge is -2.17. The van der Waals surface area contributed by atoms with Crippen molar-refractivity contribution in [2.75, 3.05) is 18.5 Å². The molecule has 0 spiro atoms. The number of nitrogens with one attached hydrogen (secondary N) is 1. The SMILES string of the molecule is OCCC(CNc1ccc2nnnn2n1)c1ccccc1. The first-order valence-corrected chi connectivity index (χ1v) is 6.82. The van der Waals surface area contributed by atoms with Crippen molar-refractivity contribution in [3.63, 3.8) is 0 Å². The Kier molecular flexibility index (Phi) is 4.02. The van der Waals surface area contributed by atoms with Crippen LogP contribution in [0.2, 0.25) is 0 Å². The van der Waals surface area contributed by atoms with E-state index in [0.717, 1.165) is 0 Å². The minimum atomic E-state index is 0.153. The minimum Gasteiger partial charge on any atom is -0.396 e. The van der Waals surface area contributed by atoms with Gasteiger partial charge in [-0.3, -0.25) is 0 Å². The van der Waals surface area contributed by atoms with Gasteiger partial charge in [-0.05, 0) is 34.5 Å². The van der Waals surface area contributed by atoms with Crippen LogP contribution in [0.1, 0.15) is 17.9 Å². The van der Waals surface area contributed by atoms with Crippen LogP contribution in [0.3, 0.4) is 0 Å². The summed E-state index contributed by atoms with van der Waals surface area (Å²) in [6.07, 6.45) is 0.699. The van der Waals surface area contributed by atoms with Crippen LogP contribution in [-0.4, -0.2) is 43.5 Å². The average molecular weight is 284 g/mol. The standard InChI is InChI=1S/C14H16N6O/c21-9-8-12(11-4-2-1-3-5-11)10-15-13-6-7-14-16-18-19-20(14)17-13/h1-7,12,21H,8-10H2,(H,15,17). The van der Waals surface area contributed by atoms with Gasteiger partial charge in [0.25, 0.3) is 0 Å². The molecule has 7 nitrogen and oxygen atoms in total. The van der Waals surface area contributed by atoms with Crippen LogP contribution in [-0.2, 0) is 0 Å². The lowest BCUT2D eigenvalue weighted by atomic mass is 9.96. The van der Waals surface area contributed by atoms with Crippen molar-refractivity contribution in [1.82, 2.24) is 25.3 Å². The Bertz CT molecular complexity index is 699. The predicted molar refractivity (Wildman–Crippen MR) is 78.0 cm³/mol. The van der Waals surface area contributed by atoms with E-state index in [1.165, 1.54) is 10.2 Å². The van der Waals surface area contributed by atoms with E-state index in [9.17, 15) is 5.11 Å². The molecule has 0 aliphatic carbocycles. The lowest BCUT2D eigenvalue weighted by Crippen LogP contribution is -2.15. The molecule has 1 unspecified atom stereocenters. The second kappa shape index (κ2) is 6.27. The molecular formula is C14H16N6O. The number of nitrogens with zero attached hydrogens (tertiary/aromatic N) is 5. The molecule has 21 heavy (non-hydrogen) atoms. The summed E-state index contributed by atoms with van der Waals surface area (Å²) in [7, 11) is 0. The van der Waals surface area contributed by atoms with Crippen molar-refractivity contribution in [2.24, 2.45) is 0 Å². The molecule has 0 fully saturated rings. The average Bonchev–Trinajstić information content (AvgIpc) is 3.00. The minimum absolute atomic E-state index is 0.153. The van der Waals surface area contributed by atoms with Crippen molar-refractivity contribution in [3.05, 3.63) is 48.0 Å². The van der Waals surface area contributed by atoms with E-state index in [0.29, 0.717) is 24.4 Å². The molecule has 0 bridgehead atoms. The molecule has 3 rings (SSSR count). The molecule has 0 aliphatic heterocycles. The highest BCUT2D eigenvalue weighted by Gasteiger charge is 2.11. The molecule has 0 saturated carbocycles. The topological polar surface area (TPSA) is 88.2 Å². The third-order valence-electron chi connectivity index (χ3n) is 3.35. The van der Waals surface area contributed by atoms with Crippen molar-refractivity contribution in [1.29, 1.82) is 0 Å². The molecule has 1 atom stereocenters. The number of aliphatic hydroxyl groups is 1. The number of aliphatic hydroxyl groups excluding tert-OH is 1. The zero-order valence-electron chi connectivity index (χ0n) is 11.4. The van der Waals surface area contributed by atoms with Gasteiger partial charge in [-0.25, -0.2) is 0 Å². The first kappa shape index (κ1) is 13.4. The van der Waals surface area contributed by atoms with Crippen LogP contribution in [0.4, 0.5) is 5.82 Å². The molecule has 0 aliphatic rings. The Morgan fingerprint density at radius 1 is 1.14 bits per heavy atom. The summed E-state index contributed by atoms with van der Waals surface area (Å²) in [5.41, 5.74) is 1.80. The van der Waals surface area contributed by atoms with Gasteiger partial charge in [-0.15, -0.1) is 14.8 Å². The summed E-state index contributed by atoms with van der Waals surface area (Å²) < 4.78 is 1.38. The summed E-state index contributed by atoms with van der Waals surface area (Å²) in [6, 6.07) is 13.8. The van der Waals surface area contributed by atoms with Gasteiger partial charge >= 0.3 is 0 Å². The summed E-state index contributed by atoms with van der Waals surface area (Å²) in [5.74, 6) is 0.927. The molecule has 0 saturated heterocycles. The number of tetrazole rings is 1. The maximum Gasteiger partial charge on any atom is 0.200 e. The fraction of sp³-hybridized carbons (Fsp3) is 0.286. The first-order chi connectivity index (χ1) is 10.4. The van der Waals surface area contributed by atoms with E-state index in [4.69, 9.17) is 0 Å². The monoisotopic (exact) mass is 284 g/mol. The van der Waals surface area contributed by atoms with Gasteiger partial charge < -0.3 is 10.4 Å². The maximum atomic E-state index is 9.23. The highest BCUT2D eigenvalue weighted by atomic mass is 16.3. The van der Waals surface area contributed by atoms with E-state index in [1.54, 1.807) is 6.07 Å². The number of fused-ring (bicyclic) bond motifs is 1. The van der Waals surface area contributed by atoms with Gasteiger partial charge in [0, 0.05) is 19.1 Å². The molecular weight excluding hydrogens is 268 g/mol. The third kappa shape index (κ3) is 3.14. The smallest absolute Gasteiger partial charge is 0.200 e. The quantitative estimate of drug-likeness (QED) is 0.704. The van der Waals surface area contributed by atoms with E-state index < -0.39 is 0 Å². The fourth-order valence-corrected chi connectivity index (χ4v) is 2.24. The number of rotatable bonds is 6. The summed E-state index contributed by atoms with van der Waals surface area (Å²) in [4.78, 5) is 0. The van der Waals surface area contributed by atoms with Crippen LogP contribution in [0, 0.1) is 0 Å². The Balaban J connectivity index is 1.71. The van der Waals surface area contributed by atoms with Crippen LogP contribution in [0.15, 0.2) is 42.5 Å². The Morgan fingerprint density at radius 3 is 2.81 bits per heavy atom. The second-order valence-electron chi connectivity index (χ2n) is 4.75. The van der Waals surface area contributed by atoms with Gasteiger partial charge in [-0.1, -0.05) is 30.3 Å². The van der Waals surface area contributed by atoms with E-state index in [2.05, 4.69) is 38.1 Å². The maximum absolute atomic E-state index is 9.23. The Morgan fingerprint density at radius 2 is 2.00 bits per heavy atom. The van der Waals surface area contributed by atoms with Gasteiger partial charge in [0.1, 0.15) is 5.82 Å². The highest BCUT2D eigenvalue weighted by molar-refractivity contribution is 5.42. The van der Waals surface area contributed by atoms with E-state index in [1.807, 2.05) is 24.3 Å². The van der Waals surface area contributed by atoms with Gasteiger partial charge in [0.2, 0.25) is 0 Å².